The maximum atomic E-state index is 5.75. The Bertz CT molecular complexity index is 1040. The topological polar surface area (TPSA) is 73.6 Å². The predicted molar refractivity (Wildman–Crippen MR) is 126 cm³/mol. The second-order valence-electron chi connectivity index (χ2n) is 8.95. The van der Waals surface area contributed by atoms with E-state index in [1.54, 1.807) is 7.11 Å². The molecular formula is C24H35N5O2. The molecule has 2 aromatic heterocycles. The zero-order chi connectivity index (χ0) is 22.4. The molecular weight excluding hydrogens is 390 g/mol. The van der Waals surface area contributed by atoms with Crippen molar-refractivity contribution >= 4 is 22.5 Å². The molecule has 0 aliphatic carbocycles. The lowest BCUT2D eigenvalue weighted by Crippen LogP contribution is -2.09. The second-order valence-corrected chi connectivity index (χ2v) is 8.95. The first-order chi connectivity index (χ1) is 14.8. The summed E-state index contributed by atoms with van der Waals surface area (Å²) < 4.78 is 12.9. The number of ether oxygens (including phenoxy) is 2. The number of benzene rings is 1. The molecule has 0 spiro atoms. The Morgan fingerprint density at radius 3 is 2.68 bits per heavy atom. The van der Waals surface area contributed by atoms with Crippen LogP contribution in [0.1, 0.15) is 52.3 Å². The Balaban J connectivity index is 1.68. The van der Waals surface area contributed by atoms with Gasteiger partial charge < -0.3 is 14.8 Å². The smallest absolute Gasteiger partial charge is 0.204 e. The van der Waals surface area contributed by atoms with Gasteiger partial charge in [-0.25, -0.2) is 4.98 Å². The maximum Gasteiger partial charge on any atom is 0.204 e. The van der Waals surface area contributed by atoms with Crippen LogP contribution in [-0.4, -0.2) is 46.5 Å². The fourth-order valence-electron chi connectivity index (χ4n) is 3.43. The van der Waals surface area contributed by atoms with Crippen LogP contribution in [-0.2, 0) is 4.74 Å². The number of rotatable bonds is 11. The number of allylic oxidation sites excluding steroid dienone is 1. The van der Waals surface area contributed by atoms with Crippen molar-refractivity contribution in [3.8, 4) is 5.75 Å². The van der Waals surface area contributed by atoms with Crippen molar-refractivity contribution in [3.63, 3.8) is 0 Å². The van der Waals surface area contributed by atoms with Gasteiger partial charge in [-0.2, -0.15) is 0 Å². The van der Waals surface area contributed by atoms with E-state index in [4.69, 9.17) is 14.5 Å². The third kappa shape index (κ3) is 5.73. The molecule has 0 aliphatic heterocycles. The highest BCUT2D eigenvalue weighted by Crippen LogP contribution is 2.28. The summed E-state index contributed by atoms with van der Waals surface area (Å²) in [7, 11) is 1.66. The Morgan fingerprint density at radius 1 is 1.13 bits per heavy atom. The maximum absolute atomic E-state index is 5.75. The fraction of sp³-hybridized carbons (Fsp3) is 0.542. The molecule has 0 aliphatic rings. The van der Waals surface area contributed by atoms with E-state index in [0.29, 0.717) is 13.2 Å². The Kier molecular flexibility index (Phi) is 7.49. The van der Waals surface area contributed by atoms with E-state index >= 15 is 0 Å². The molecule has 0 atom stereocenters. The van der Waals surface area contributed by atoms with Gasteiger partial charge in [0.05, 0.1) is 17.6 Å². The zero-order valence-corrected chi connectivity index (χ0v) is 19.5. The summed E-state index contributed by atoms with van der Waals surface area (Å²) in [5, 5.41) is 12.1. The average molecular weight is 426 g/mol. The molecule has 3 rings (SSSR count). The van der Waals surface area contributed by atoms with Crippen LogP contribution in [0.25, 0.3) is 16.7 Å². The number of hydrogen-bond acceptors (Lipinski definition) is 6. The number of nitrogens with zero attached hydrogens (tertiary/aromatic N) is 4. The van der Waals surface area contributed by atoms with Crippen molar-refractivity contribution in [2.24, 2.45) is 5.41 Å². The zero-order valence-electron chi connectivity index (χ0n) is 19.5. The van der Waals surface area contributed by atoms with Crippen LogP contribution in [0.2, 0.25) is 0 Å². The van der Waals surface area contributed by atoms with Crippen molar-refractivity contribution in [1.82, 2.24) is 19.6 Å². The first-order valence-electron chi connectivity index (χ1n) is 11.0. The van der Waals surface area contributed by atoms with E-state index in [2.05, 4.69) is 42.9 Å². The molecule has 3 aromatic rings. The van der Waals surface area contributed by atoms with Crippen LogP contribution >= 0.6 is 0 Å². The number of fused-ring (bicyclic) bond motifs is 3. The summed E-state index contributed by atoms with van der Waals surface area (Å²) in [4.78, 5) is 4.82. The minimum Gasteiger partial charge on any atom is -0.491 e. The van der Waals surface area contributed by atoms with E-state index in [1.807, 2.05) is 29.5 Å². The van der Waals surface area contributed by atoms with Crippen LogP contribution in [0.5, 0.6) is 5.75 Å². The molecule has 0 saturated carbocycles. The molecule has 7 nitrogen and oxygen atoms in total. The van der Waals surface area contributed by atoms with Crippen molar-refractivity contribution < 1.29 is 9.47 Å². The number of nitrogens with one attached hydrogen (secondary N) is 1. The molecule has 0 amide bonds. The van der Waals surface area contributed by atoms with E-state index in [9.17, 15) is 0 Å². The van der Waals surface area contributed by atoms with Gasteiger partial charge >= 0.3 is 0 Å². The Hall–Kier alpha value is -2.67. The lowest BCUT2D eigenvalue weighted by molar-refractivity contribution is 0.146. The van der Waals surface area contributed by atoms with Gasteiger partial charge in [0, 0.05) is 19.7 Å². The van der Waals surface area contributed by atoms with Gasteiger partial charge in [-0.1, -0.05) is 39.3 Å². The van der Waals surface area contributed by atoms with Crippen molar-refractivity contribution in [2.45, 2.75) is 53.4 Å². The molecule has 0 saturated heterocycles. The van der Waals surface area contributed by atoms with Crippen LogP contribution < -0.4 is 10.1 Å². The third-order valence-electron chi connectivity index (χ3n) is 5.52. The minimum atomic E-state index is 0.191. The molecule has 7 heteroatoms. The van der Waals surface area contributed by atoms with Crippen LogP contribution in [0, 0.1) is 12.3 Å². The average Bonchev–Trinajstić information content (AvgIpc) is 3.11. The van der Waals surface area contributed by atoms with E-state index < -0.39 is 0 Å². The predicted octanol–water partition coefficient (Wildman–Crippen LogP) is 5.19. The highest BCUT2D eigenvalue weighted by Gasteiger charge is 2.15. The van der Waals surface area contributed by atoms with Gasteiger partial charge in [0.25, 0.3) is 0 Å². The SMILES string of the molecule is C=C(CCCCCNc1nc2cc(OCCOC)ccc2n2c(C)nnc12)C(C)(C)C. The summed E-state index contributed by atoms with van der Waals surface area (Å²) >= 11 is 0. The molecule has 1 aromatic carbocycles. The standard InChI is InChI=1S/C24H35N5O2/c1-17(24(3,4)5)10-8-7-9-13-25-22-23-28-27-18(2)29(23)21-12-11-19(16-20(21)26-22)31-15-14-30-6/h11-12,16H,1,7-10,13-15H2,2-6H3,(H,25,26). The second kappa shape index (κ2) is 10.1. The quantitative estimate of drug-likeness (QED) is 0.337. The summed E-state index contributed by atoms with van der Waals surface area (Å²) in [6.45, 7) is 14.7. The summed E-state index contributed by atoms with van der Waals surface area (Å²) in [6.07, 6.45) is 4.45. The molecule has 0 bridgehead atoms. The van der Waals surface area contributed by atoms with E-state index in [1.165, 1.54) is 5.57 Å². The number of unbranched alkanes of at least 4 members (excludes halogenated alkanes) is 2. The largest absolute Gasteiger partial charge is 0.491 e. The highest BCUT2D eigenvalue weighted by atomic mass is 16.5. The lowest BCUT2D eigenvalue weighted by atomic mass is 9.84. The Morgan fingerprint density at radius 2 is 1.94 bits per heavy atom. The van der Waals surface area contributed by atoms with Gasteiger partial charge in [-0.15, -0.1) is 10.2 Å². The molecule has 168 valence electrons. The van der Waals surface area contributed by atoms with Crippen molar-refractivity contribution in [1.29, 1.82) is 0 Å². The van der Waals surface area contributed by atoms with Crippen LogP contribution in [0.4, 0.5) is 5.82 Å². The lowest BCUT2D eigenvalue weighted by Gasteiger charge is -2.21. The Labute approximate surface area is 184 Å². The number of aryl methyl sites for hydroxylation is 1. The molecule has 1 N–H and O–H groups in total. The fourth-order valence-corrected chi connectivity index (χ4v) is 3.43. The molecule has 0 fully saturated rings. The highest BCUT2D eigenvalue weighted by molar-refractivity contribution is 5.84. The van der Waals surface area contributed by atoms with Crippen LogP contribution in [0.3, 0.4) is 0 Å². The summed E-state index contributed by atoms with van der Waals surface area (Å²) in [5.41, 5.74) is 4.06. The minimum absolute atomic E-state index is 0.191. The number of methoxy groups -OCH3 is 1. The van der Waals surface area contributed by atoms with Crippen molar-refractivity contribution in [2.75, 3.05) is 32.2 Å². The number of hydrogen-bond donors (Lipinski definition) is 1. The third-order valence-corrected chi connectivity index (χ3v) is 5.52. The number of anilines is 1. The molecule has 0 unspecified atom stereocenters. The number of aromatic nitrogens is 4. The monoisotopic (exact) mass is 425 g/mol. The van der Waals surface area contributed by atoms with Gasteiger partial charge in [-0.05, 0) is 43.7 Å². The molecule has 0 radical (unpaired) electrons. The molecule has 31 heavy (non-hydrogen) atoms. The van der Waals surface area contributed by atoms with Gasteiger partial charge in [0.1, 0.15) is 18.2 Å². The summed E-state index contributed by atoms with van der Waals surface area (Å²) in [6, 6.07) is 5.89. The first-order valence-corrected chi connectivity index (χ1v) is 11.0. The normalized spacial score (nSPS) is 11.9. The summed E-state index contributed by atoms with van der Waals surface area (Å²) in [5.74, 6) is 2.35. The molecule has 2 heterocycles. The van der Waals surface area contributed by atoms with E-state index in [-0.39, 0.29) is 5.41 Å². The van der Waals surface area contributed by atoms with Crippen molar-refractivity contribution in [3.05, 3.63) is 36.2 Å². The first kappa shape index (κ1) is 23.0. The van der Waals surface area contributed by atoms with E-state index in [0.717, 1.165) is 66.3 Å². The van der Waals surface area contributed by atoms with Crippen LogP contribution in [0.15, 0.2) is 30.4 Å². The van der Waals surface area contributed by atoms with Gasteiger partial charge in [0.15, 0.2) is 5.82 Å². The van der Waals surface area contributed by atoms with Gasteiger partial charge in [0.2, 0.25) is 5.65 Å². The van der Waals surface area contributed by atoms with Gasteiger partial charge in [-0.3, -0.25) is 4.40 Å².